The minimum Gasteiger partial charge on any atom is -0.464 e. The summed E-state index contributed by atoms with van der Waals surface area (Å²) in [6.45, 7) is 4.55. The molecule has 0 spiro atoms. The first kappa shape index (κ1) is 14.0. The molecule has 4 rings (SSSR count). The van der Waals surface area contributed by atoms with Crippen molar-refractivity contribution in [1.29, 1.82) is 0 Å². The average Bonchev–Trinajstić information content (AvgIpc) is 2.88. The third-order valence-corrected chi connectivity index (χ3v) is 3.72. The van der Waals surface area contributed by atoms with Crippen molar-refractivity contribution in [1.82, 2.24) is 24.6 Å². The van der Waals surface area contributed by atoms with Gasteiger partial charge in [-0.25, -0.2) is 9.37 Å². The fraction of sp³-hybridized carbons (Fsp3) is 0.333. The van der Waals surface area contributed by atoms with Crippen molar-refractivity contribution in [2.75, 3.05) is 13.2 Å². The van der Waals surface area contributed by atoms with Crippen LogP contribution in [0.25, 0.3) is 16.9 Å². The van der Waals surface area contributed by atoms with E-state index < -0.39 is 11.4 Å². The molecule has 8 heteroatoms. The van der Waals surface area contributed by atoms with E-state index >= 15 is 0 Å². The van der Waals surface area contributed by atoms with Gasteiger partial charge in [-0.05, 0) is 19.9 Å². The second kappa shape index (κ2) is 4.95. The van der Waals surface area contributed by atoms with Crippen molar-refractivity contribution < 1.29 is 13.9 Å². The summed E-state index contributed by atoms with van der Waals surface area (Å²) in [5, 5.41) is 7.94. The zero-order valence-corrected chi connectivity index (χ0v) is 12.7. The Morgan fingerprint density at radius 2 is 2.09 bits per heavy atom. The lowest BCUT2D eigenvalue weighted by molar-refractivity contribution is -0.152. The van der Waals surface area contributed by atoms with Crippen LogP contribution in [-0.2, 0) is 4.74 Å². The fourth-order valence-electron chi connectivity index (χ4n) is 2.39. The molecule has 3 aromatic heterocycles. The molecule has 1 aliphatic rings. The van der Waals surface area contributed by atoms with E-state index in [1.807, 2.05) is 13.8 Å². The van der Waals surface area contributed by atoms with Gasteiger partial charge in [0.25, 0.3) is 5.88 Å². The van der Waals surface area contributed by atoms with E-state index in [4.69, 9.17) is 9.47 Å². The average molecular weight is 315 g/mol. The first-order chi connectivity index (χ1) is 11.0. The Kier molecular flexibility index (Phi) is 3.02. The Morgan fingerprint density at radius 3 is 2.78 bits per heavy atom. The predicted molar refractivity (Wildman–Crippen MR) is 78.6 cm³/mol. The largest absolute Gasteiger partial charge is 0.464 e. The lowest BCUT2D eigenvalue weighted by Gasteiger charge is -2.37. The molecule has 0 radical (unpaired) electrons. The number of halogens is 1. The topological polar surface area (TPSA) is 74.4 Å². The third-order valence-electron chi connectivity index (χ3n) is 3.72. The van der Waals surface area contributed by atoms with Crippen LogP contribution in [0.3, 0.4) is 0 Å². The van der Waals surface area contributed by atoms with Crippen LogP contribution in [0, 0.1) is 12.7 Å². The number of hydrogen-bond donors (Lipinski definition) is 0. The maximum absolute atomic E-state index is 14.3. The summed E-state index contributed by atoms with van der Waals surface area (Å²) in [4.78, 5) is 8.35. The molecule has 0 bridgehead atoms. The van der Waals surface area contributed by atoms with Gasteiger partial charge in [0.2, 0.25) is 0 Å². The maximum atomic E-state index is 14.3. The molecule has 0 atom stereocenters. The van der Waals surface area contributed by atoms with Gasteiger partial charge in [-0.1, -0.05) is 0 Å². The molecule has 118 valence electrons. The predicted octanol–water partition coefficient (Wildman–Crippen LogP) is 1.80. The van der Waals surface area contributed by atoms with Crippen LogP contribution >= 0.6 is 0 Å². The van der Waals surface area contributed by atoms with Gasteiger partial charge in [0, 0.05) is 18.0 Å². The van der Waals surface area contributed by atoms with E-state index in [0.717, 1.165) is 5.82 Å². The van der Waals surface area contributed by atoms with Crippen LogP contribution in [0.1, 0.15) is 12.7 Å². The number of aryl methyl sites for hydroxylation is 1. The van der Waals surface area contributed by atoms with Crippen LogP contribution < -0.4 is 4.74 Å². The Labute approximate surface area is 131 Å². The van der Waals surface area contributed by atoms with Gasteiger partial charge in [-0.2, -0.15) is 0 Å². The van der Waals surface area contributed by atoms with Gasteiger partial charge >= 0.3 is 0 Å². The van der Waals surface area contributed by atoms with Crippen molar-refractivity contribution >= 4 is 5.65 Å². The van der Waals surface area contributed by atoms with Crippen molar-refractivity contribution in [3.05, 3.63) is 36.3 Å². The van der Waals surface area contributed by atoms with Crippen LogP contribution in [0.15, 0.2) is 24.7 Å². The van der Waals surface area contributed by atoms with Gasteiger partial charge < -0.3 is 9.47 Å². The molecule has 0 amide bonds. The normalized spacial score (nSPS) is 16.3. The minimum atomic E-state index is -0.530. The van der Waals surface area contributed by atoms with Crippen LogP contribution in [0.4, 0.5) is 4.39 Å². The molecule has 3 aromatic rings. The van der Waals surface area contributed by atoms with Crippen molar-refractivity contribution in [3.8, 4) is 17.1 Å². The Balaban J connectivity index is 1.68. The van der Waals surface area contributed by atoms with Gasteiger partial charge in [0.1, 0.15) is 5.82 Å². The van der Waals surface area contributed by atoms with Crippen LogP contribution in [0.2, 0.25) is 0 Å². The molecule has 1 aliphatic heterocycles. The Bertz CT molecular complexity index is 891. The lowest BCUT2D eigenvalue weighted by atomic mass is 10.1. The zero-order chi connectivity index (χ0) is 16.0. The summed E-state index contributed by atoms with van der Waals surface area (Å²) < 4.78 is 26.7. The van der Waals surface area contributed by atoms with E-state index in [1.165, 1.54) is 12.3 Å². The highest BCUT2D eigenvalue weighted by Gasteiger charge is 2.37. The monoisotopic (exact) mass is 315 g/mol. The molecule has 1 fully saturated rings. The van der Waals surface area contributed by atoms with Crippen molar-refractivity contribution in [2.24, 2.45) is 0 Å². The molecule has 0 aromatic carbocycles. The molecule has 0 saturated carbocycles. The molecular formula is C15H14FN5O2. The number of nitrogens with zero attached hydrogens (tertiary/aromatic N) is 5. The van der Waals surface area contributed by atoms with E-state index in [-0.39, 0.29) is 5.88 Å². The summed E-state index contributed by atoms with van der Waals surface area (Å²) in [5.41, 5.74) is 1.26. The van der Waals surface area contributed by atoms with Gasteiger partial charge in [-0.3, -0.25) is 9.38 Å². The molecule has 1 saturated heterocycles. The van der Waals surface area contributed by atoms with Gasteiger partial charge in [0.05, 0.1) is 25.1 Å². The summed E-state index contributed by atoms with van der Waals surface area (Å²) in [7, 11) is 0. The number of pyridine rings is 1. The smallest absolute Gasteiger partial charge is 0.251 e. The highest BCUT2D eigenvalue weighted by molar-refractivity contribution is 5.59. The van der Waals surface area contributed by atoms with Gasteiger partial charge in [-0.15, -0.1) is 10.2 Å². The Morgan fingerprint density at radius 1 is 1.26 bits per heavy atom. The quantitative estimate of drug-likeness (QED) is 0.734. The molecule has 4 heterocycles. The third kappa shape index (κ3) is 2.40. The molecule has 0 N–H and O–H groups in total. The minimum absolute atomic E-state index is 0.0268. The number of rotatable bonds is 3. The summed E-state index contributed by atoms with van der Waals surface area (Å²) in [5.74, 6) is 0.175. The maximum Gasteiger partial charge on any atom is 0.251 e. The molecular weight excluding hydrogens is 301 g/mol. The van der Waals surface area contributed by atoms with Crippen molar-refractivity contribution in [2.45, 2.75) is 19.4 Å². The Hall–Kier alpha value is -2.61. The van der Waals surface area contributed by atoms with Crippen LogP contribution in [-0.4, -0.2) is 43.4 Å². The number of ether oxygens (including phenoxy) is 2. The van der Waals surface area contributed by atoms with E-state index in [2.05, 4.69) is 20.2 Å². The highest BCUT2D eigenvalue weighted by atomic mass is 19.1. The zero-order valence-electron chi connectivity index (χ0n) is 12.7. The molecule has 7 nitrogen and oxygen atoms in total. The summed E-state index contributed by atoms with van der Waals surface area (Å²) in [6.07, 6.45) is 4.88. The standard InChI is InChI=1S/C15H14FN5O2/c1-9-19-20-13-5-17-12(6-21(9)13)10-3-11(16)14(18-4-10)23-15(2)7-22-8-15/h3-6H,7-8H2,1-2H3. The second-order valence-electron chi connectivity index (χ2n) is 5.80. The van der Waals surface area contributed by atoms with E-state index in [0.29, 0.717) is 30.1 Å². The van der Waals surface area contributed by atoms with E-state index in [1.54, 1.807) is 16.8 Å². The number of hydrogen-bond acceptors (Lipinski definition) is 6. The summed E-state index contributed by atoms with van der Waals surface area (Å²) >= 11 is 0. The van der Waals surface area contributed by atoms with Crippen molar-refractivity contribution in [3.63, 3.8) is 0 Å². The number of aromatic nitrogens is 5. The number of fused-ring (bicyclic) bond motifs is 1. The lowest BCUT2D eigenvalue weighted by Crippen LogP contribution is -2.51. The fourth-order valence-corrected chi connectivity index (χ4v) is 2.39. The SMILES string of the molecule is Cc1nnc2cnc(-c3cnc(OC4(C)COC4)c(F)c3)cn12. The van der Waals surface area contributed by atoms with Gasteiger partial charge in [0.15, 0.2) is 17.1 Å². The second-order valence-corrected chi connectivity index (χ2v) is 5.80. The molecule has 0 unspecified atom stereocenters. The van der Waals surface area contributed by atoms with E-state index in [9.17, 15) is 4.39 Å². The molecule has 0 aliphatic carbocycles. The molecule has 23 heavy (non-hydrogen) atoms. The highest BCUT2D eigenvalue weighted by Crippen LogP contribution is 2.27. The first-order valence-corrected chi connectivity index (χ1v) is 7.14. The first-order valence-electron chi connectivity index (χ1n) is 7.14. The summed E-state index contributed by atoms with van der Waals surface area (Å²) in [6, 6.07) is 1.36. The van der Waals surface area contributed by atoms with Crippen LogP contribution in [0.5, 0.6) is 5.88 Å².